The van der Waals surface area contributed by atoms with Gasteiger partial charge in [-0.15, -0.1) is 0 Å². The molecule has 0 fully saturated rings. The van der Waals surface area contributed by atoms with E-state index in [4.69, 9.17) is 10.9 Å². The van der Waals surface area contributed by atoms with Gasteiger partial charge in [-0.25, -0.2) is 0 Å². The van der Waals surface area contributed by atoms with E-state index in [1.54, 1.807) is 0 Å². The predicted octanol–water partition coefficient (Wildman–Crippen LogP) is 0.0759. The molecule has 0 amide bonds. The van der Waals surface area contributed by atoms with Gasteiger partial charge in [0.05, 0.1) is 6.54 Å². The summed E-state index contributed by atoms with van der Waals surface area (Å²) in [5.74, 6) is 0.916. The molecule has 7 nitrogen and oxygen atoms in total. The Bertz CT molecular complexity index is 285. The molecule has 0 bridgehead atoms. The molecule has 0 atom stereocenters. The molecular weight excluding hydrogens is 198 g/mol. The number of oxime groups is 1. The van der Waals surface area contributed by atoms with E-state index in [-0.39, 0.29) is 5.84 Å². The maximum Gasteiger partial charge on any atom is 0.213 e. The van der Waals surface area contributed by atoms with Crippen molar-refractivity contribution in [2.75, 3.05) is 6.54 Å². The van der Waals surface area contributed by atoms with E-state index in [9.17, 15) is 0 Å². The van der Waals surface area contributed by atoms with Crippen LogP contribution in [0.4, 0.5) is 0 Å². The van der Waals surface area contributed by atoms with Crippen LogP contribution < -0.4 is 11.1 Å². The van der Waals surface area contributed by atoms with Crippen LogP contribution in [-0.2, 0) is 6.54 Å². The molecule has 7 heteroatoms. The maximum atomic E-state index is 8.28. The molecule has 0 radical (unpaired) electrons. The van der Waals surface area contributed by atoms with Crippen molar-refractivity contribution in [1.29, 1.82) is 0 Å². The van der Waals surface area contributed by atoms with Crippen LogP contribution in [0.25, 0.3) is 0 Å². The molecule has 0 aliphatic rings. The quantitative estimate of drug-likeness (QED) is 0.194. The fourth-order valence-corrected chi connectivity index (χ4v) is 1.08. The largest absolute Gasteiger partial charge is 0.409 e. The van der Waals surface area contributed by atoms with Crippen molar-refractivity contribution < 1.29 is 9.73 Å². The topological polar surface area (TPSA) is 110 Å². The van der Waals surface area contributed by atoms with Crippen molar-refractivity contribution in [3.8, 4) is 0 Å². The number of hydrogen-bond donors (Lipinski definition) is 3. The molecule has 1 aromatic heterocycles. The van der Waals surface area contributed by atoms with E-state index in [1.165, 1.54) is 6.39 Å². The summed E-state index contributed by atoms with van der Waals surface area (Å²) in [6.45, 7) is 1.44. The van der Waals surface area contributed by atoms with E-state index < -0.39 is 0 Å². The highest BCUT2D eigenvalue weighted by atomic mass is 16.5. The monoisotopic (exact) mass is 213 g/mol. The fraction of sp³-hybridized carbons (Fsp3) is 0.625. The third-order valence-corrected chi connectivity index (χ3v) is 1.85. The number of nitrogens with two attached hydrogens (primary N) is 1. The Morgan fingerprint density at radius 3 is 3.13 bits per heavy atom. The SMILES string of the molecule is NC(CCCCNCc1ncon1)=NO. The highest BCUT2D eigenvalue weighted by Gasteiger charge is 1.97. The number of unbranched alkanes of at least 4 members (excludes halogenated alkanes) is 1. The molecule has 0 saturated heterocycles. The normalized spacial score (nSPS) is 11.9. The summed E-state index contributed by atoms with van der Waals surface area (Å²) in [6, 6.07) is 0. The summed E-state index contributed by atoms with van der Waals surface area (Å²) in [7, 11) is 0. The van der Waals surface area contributed by atoms with E-state index in [0.29, 0.717) is 18.8 Å². The lowest BCUT2D eigenvalue weighted by Crippen LogP contribution is -2.17. The zero-order valence-corrected chi connectivity index (χ0v) is 8.39. The third kappa shape index (κ3) is 4.96. The lowest BCUT2D eigenvalue weighted by molar-refractivity contribution is 0.316. The lowest BCUT2D eigenvalue weighted by atomic mass is 10.2. The highest BCUT2D eigenvalue weighted by Crippen LogP contribution is 1.94. The van der Waals surface area contributed by atoms with Gasteiger partial charge in [-0.2, -0.15) is 4.98 Å². The van der Waals surface area contributed by atoms with Gasteiger partial charge < -0.3 is 20.8 Å². The van der Waals surface area contributed by atoms with Crippen LogP contribution in [0.1, 0.15) is 25.1 Å². The molecule has 0 unspecified atom stereocenters. The first-order valence-electron chi connectivity index (χ1n) is 4.75. The van der Waals surface area contributed by atoms with Gasteiger partial charge in [0.1, 0.15) is 5.84 Å². The average Bonchev–Trinajstić information content (AvgIpc) is 2.75. The van der Waals surface area contributed by atoms with Crippen LogP contribution in [0.2, 0.25) is 0 Å². The van der Waals surface area contributed by atoms with E-state index in [2.05, 4.69) is 25.1 Å². The van der Waals surface area contributed by atoms with Crippen LogP contribution in [0.5, 0.6) is 0 Å². The summed E-state index contributed by atoms with van der Waals surface area (Å²) in [6.07, 6.45) is 3.75. The van der Waals surface area contributed by atoms with Crippen molar-refractivity contribution in [2.45, 2.75) is 25.8 Å². The van der Waals surface area contributed by atoms with Crippen LogP contribution in [0, 0.1) is 0 Å². The first kappa shape index (κ1) is 11.4. The molecule has 0 aromatic carbocycles. The summed E-state index contributed by atoms with van der Waals surface area (Å²) < 4.78 is 4.58. The minimum absolute atomic E-state index is 0.271. The number of nitrogens with one attached hydrogen (secondary N) is 1. The number of rotatable bonds is 7. The van der Waals surface area contributed by atoms with Crippen molar-refractivity contribution in [1.82, 2.24) is 15.5 Å². The summed E-state index contributed by atoms with van der Waals surface area (Å²) >= 11 is 0. The number of amidine groups is 1. The Kier molecular flexibility index (Phi) is 5.16. The number of hydrogen-bond acceptors (Lipinski definition) is 6. The van der Waals surface area contributed by atoms with Crippen molar-refractivity contribution in [2.24, 2.45) is 10.9 Å². The Labute approximate surface area is 87.3 Å². The predicted molar refractivity (Wildman–Crippen MR) is 53.3 cm³/mol. The van der Waals surface area contributed by atoms with Gasteiger partial charge in [-0.05, 0) is 19.4 Å². The van der Waals surface area contributed by atoms with Crippen molar-refractivity contribution >= 4 is 5.84 Å². The molecule has 1 rings (SSSR count). The second kappa shape index (κ2) is 6.77. The second-order valence-electron chi connectivity index (χ2n) is 3.07. The van der Waals surface area contributed by atoms with Crippen LogP contribution >= 0.6 is 0 Å². The zero-order valence-electron chi connectivity index (χ0n) is 8.39. The van der Waals surface area contributed by atoms with Gasteiger partial charge in [-0.3, -0.25) is 0 Å². The first-order chi connectivity index (χ1) is 7.33. The Morgan fingerprint density at radius 2 is 2.47 bits per heavy atom. The number of aromatic nitrogens is 2. The molecule has 0 saturated carbocycles. The van der Waals surface area contributed by atoms with E-state index in [0.717, 1.165) is 19.4 Å². The summed E-state index contributed by atoms with van der Waals surface area (Å²) in [5, 5.41) is 18.0. The molecule has 0 spiro atoms. The van der Waals surface area contributed by atoms with Gasteiger partial charge in [0.25, 0.3) is 0 Å². The van der Waals surface area contributed by atoms with Crippen molar-refractivity contribution in [3.05, 3.63) is 12.2 Å². The maximum absolute atomic E-state index is 8.28. The zero-order chi connectivity index (χ0) is 10.9. The van der Waals surface area contributed by atoms with Gasteiger partial charge in [-0.1, -0.05) is 10.3 Å². The Morgan fingerprint density at radius 1 is 1.60 bits per heavy atom. The fourth-order valence-electron chi connectivity index (χ4n) is 1.08. The third-order valence-electron chi connectivity index (χ3n) is 1.85. The Balaban J connectivity index is 1.94. The summed E-state index contributed by atoms with van der Waals surface area (Å²) in [5.41, 5.74) is 5.31. The van der Waals surface area contributed by atoms with Crippen LogP contribution in [0.15, 0.2) is 16.1 Å². The smallest absolute Gasteiger partial charge is 0.213 e. The minimum Gasteiger partial charge on any atom is -0.409 e. The Hall–Kier alpha value is -1.63. The molecule has 1 aromatic rings. The second-order valence-corrected chi connectivity index (χ2v) is 3.07. The number of nitrogens with zero attached hydrogens (tertiary/aromatic N) is 3. The van der Waals surface area contributed by atoms with E-state index in [1.807, 2.05) is 0 Å². The van der Waals surface area contributed by atoms with Crippen LogP contribution in [0.3, 0.4) is 0 Å². The first-order valence-corrected chi connectivity index (χ1v) is 4.75. The molecule has 4 N–H and O–H groups in total. The molecule has 0 aliphatic carbocycles. The van der Waals surface area contributed by atoms with Gasteiger partial charge >= 0.3 is 0 Å². The van der Waals surface area contributed by atoms with E-state index >= 15 is 0 Å². The van der Waals surface area contributed by atoms with Crippen molar-refractivity contribution in [3.63, 3.8) is 0 Å². The van der Waals surface area contributed by atoms with Gasteiger partial charge in [0.2, 0.25) is 6.39 Å². The molecule has 15 heavy (non-hydrogen) atoms. The molecule has 0 aliphatic heterocycles. The molecular formula is C8H15N5O2. The average molecular weight is 213 g/mol. The molecule has 84 valence electrons. The van der Waals surface area contributed by atoms with Crippen LogP contribution in [-0.4, -0.2) is 27.7 Å². The highest BCUT2D eigenvalue weighted by molar-refractivity contribution is 5.79. The van der Waals surface area contributed by atoms with Gasteiger partial charge in [0, 0.05) is 6.42 Å². The lowest BCUT2D eigenvalue weighted by Gasteiger charge is -2.01. The summed E-state index contributed by atoms with van der Waals surface area (Å²) in [4.78, 5) is 3.86. The molecule has 1 heterocycles. The minimum atomic E-state index is 0.271. The van der Waals surface area contributed by atoms with Gasteiger partial charge in [0.15, 0.2) is 5.82 Å². The standard InChI is InChI=1S/C8H15N5O2/c9-7(12-14)3-1-2-4-10-5-8-11-6-15-13-8/h6,10,14H,1-5H2,(H2,9,12).